The molecule has 2 aromatic heterocycles. The Bertz CT molecular complexity index is 950. The van der Waals surface area contributed by atoms with Gasteiger partial charge >= 0.3 is 6.18 Å². The maximum absolute atomic E-state index is 14.2. The summed E-state index contributed by atoms with van der Waals surface area (Å²) >= 11 is 0. The molecule has 0 bridgehead atoms. The van der Waals surface area contributed by atoms with Gasteiger partial charge in [0.05, 0.1) is 23.5 Å². The van der Waals surface area contributed by atoms with Crippen molar-refractivity contribution in [3.63, 3.8) is 0 Å². The van der Waals surface area contributed by atoms with Crippen molar-refractivity contribution in [1.82, 2.24) is 19.7 Å². The van der Waals surface area contributed by atoms with E-state index in [1.807, 2.05) is 0 Å². The SMILES string of the molecule is Cc1cc(-c2cnn(C(C)c3c(F)cc(C(F)(F)F)cc3F)c2)nc(C)n1. The van der Waals surface area contributed by atoms with E-state index in [1.54, 1.807) is 19.9 Å². The molecule has 2 heterocycles. The zero-order valence-corrected chi connectivity index (χ0v) is 14.6. The number of aryl methyl sites for hydroxylation is 2. The van der Waals surface area contributed by atoms with Crippen LogP contribution in [0, 0.1) is 25.5 Å². The molecule has 0 aliphatic carbocycles. The molecule has 4 nitrogen and oxygen atoms in total. The van der Waals surface area contributed by atoms with Crippen molar-refractivity contribution in [3.05, 3.63) is 64.9 Å². The van der Waals surface area contributed by atoms with Crippen LogP contribution in [0.5, 0.6) is 0 Å². The summed E-state index contributed by atoms with van der Waals surface area (Å²) in [7, 11) is 0. The summed E-state index contributed by atoms with van der Waals surface area (Å²) in [5, 5.41) is 4.08. The Morgan fingerprint density at radius 2 is 1.63 bits per heavy atom. The molecular formula is C18H15F5N4. The van der Waals surface area contributed by atoms with Gasteiger partial charge in [0.2, 0.25) is 0 Å². The van der Waals surface area contributed by atoms with E-state index in [9.17, 15) is 22.0 Å². The third-order valence-electron chi connectivity index (χ3n) is 4.08. The molecular weight excluding hydrogens is 367 g/mol. The van der Waals surface area contributed by atoms with Crippen LogP contribution in [-0.2, 0) is 6.18 Å². The number of nitrogens with zero attached hydrogens (tertiary/aromatic N) is 4. The van der Waals surface area contributed by atoms with Gasteiger partial charge in [-0.05, 0) is 39.0 Å². The molecule has 1 atom stereocenters. The van der Waals surface area contributed by atoms with Gasteiger partial charge in [-0.3, -0.25) is 4.68 Å². The first-order valence-corrected chi connectivity index (χ1v) is 7.99. The van der Waals surface area contributed by atoms with Crippen LogP contribution in [-0.4, -0.2) is 19.7 Å². The Morgan fingerprint density at radius 1 is 1.00 bits per heavy atom. The first kappa shape index (κ1) is 18.9. The maximum Gasteiger partial charge on any atom is 0.416 e. The van der Waals surface area contributed by atoms with E-state index >= 15 is 0 Å². The molecule has 27 heavy (non-hydrogen) atoms. The molecule has 3 rings (SSSR count). The highest BCUT2D eigenvalue weighted by Crippen LogP contribution is 2.34. The molecule has 0 saturated heterocycles. The Morgan fingerprint density at radius 3 is 2.19 bits per heavy atom. The summed E-state index contributed by atoms with van der Waals surface area (Å²) in [6.45, 7) is 4.98. The molecule has 0 N–H and O–H groups in total. The number of halogens is 5. The number of benzene rings is 1. The zero-order valence-electron chi connectivity index (χ0n) is 14.6. The smallest absolute Gasteiger partial charge is 0.265 e. The molecule has 1 unspecified atom stereocenters. The fourth-order valence-corrected chi connectivity index (χ4v) is 2.83. The molecule has 0 saturated carbocycles. The van der Waals surface area contributed by atoms with E-state index in [1.165, 1.54) is 24.0 Å². The molecule has 0 amide bonds. The molecule has 0 fully saturated rings. The first-order chi connectivity index (χ1) is 12.6. The second kappa shape index (κ2) is 6.71. The van der Waals surface area contributed by atoms with Gasteiger partial charge in [-0.15, -0.1) is 0 Å². The predicted molar refractivity (Wildman–Crippen MR) is 87.9 cm³/mol. The highest BCUT2D eigenvalue weighted by atomic mass is 19.4. The van der Waals surface area contributed by atoms with Crippen molar-refractivity contribution >= 4 is 0 Å². The van der Waals surface area contributed by atoms with E-state index in [2.05, 4.69) is 15.1 Å². The van der Waals surface area contributed by atoms with Crippen LogP contribution in [0.3, 0.4) is 0 Å². The number of hydrogen-bond donors (Lipinski definition) is 0. The van der Waals surface area contributed by atoms with Gasteiger partial charge in [0.25, 0.3) is 0 Å². The van der Waals surface area contributed by atoms with Crippen molar-refractivity contribution in [2.75, 3.05) is 0 Å². The highest BCUT2D eigenvalue weighted by Gasteiger charge is 2.33. The van der Waals surface area contributed by atoms with E-state index in [0.29, 0.717) is 17.1 Å². The summed E-state index contributed by atoms with van der Waals surface area (Å²) < 4.78 is 67.8. The van der Waals surface area contributed by atoms with E-state index < -0.39 is 35.0 Å². The molecule has 9 heteroatoms. The van der Waals surface area contributed by atoms with Crippen LogP contribution in [0.2, 0.25) is 0 Å². The van der Waals surface area contributed by atoms with Gasteiger partial charge in [0, 0.05) is 23.0 Å². The molecule has 0 spiro atoms. The Hall–Kier alpha value is -2.84. The number of rotatable bonds is 3. The van der Waals surface area contributed by atoms with E-state index in [-0.39, 0.29) is 12.1 Å². The minimum absolute atomic E-state index is 0.288. The monoisotopic (exact) mass is 382 g/mol. The van der Waals surface area contributed by atoms with Crippen LogP contribution in [0.25, 0.3) is 11.3 Å². The van der Waals surface area contributed by atoms with Crippen molar-refractivity contribution in [2.24, 2.45) is 0 Å². The Balaban J connectivity index is 1.98. The van der Waals surface area contributed by atoms with Gasteiger partial charge in [0.1, 0.15) is 17.5 Å². The van der Waals surface area contributed by atoms with Crippen LogP contribution >= 0.6 is 0 Å². The summed E-state index contributed by atoms with van der Waals surface area (Å²) in [5.74, 6) is -1.99. The molecule has 142 valence electrons. The third-order valence-corrected chi connectivity index (χ3v) is 4.08. The standard InChI is InChI=1S/C18H15F5N4/c1-9-4-16(26-11(3)25-9)12-7-24-27(8-12)10(2)17-14(19)5-13(6-15(17)20)18(21,22)23/h4-8,10H,1-3H3. The quantitative estimate of drug-likeness (QED) is 0.608. The number of alkyl halides is 3. The largest absolute Gasteiger partial charge is 0.416 e. The summed E-state index contributed by atoms with van der Waals surface area (Å²) in [6.07, 6.45) is -1.83. The first-order valence-electron chi connectivity index (χ1n) is 7.99. The van der Waals surface area contributed by atoms with E-state index in [0.717, 1.165) is 5.69 Å². The minimum atomic E-state index is -4.83. The van der Waals surface area contributed by atoms with Crippen molar-refractivity contribution in [2.45, 2.75) is 33.0 Å². The lowest BCUT2D eigenvalue weighted by Gasteiger charge is -2.16. The van der Waals surface area contributed by atoms with Gasteiger partial charge in [0.15, 0.2) is 0 Å². The predicted octanol–water partition coefficient (Wildman–Crippen LogP) is 4.86. The summed E-state index contributed by atoms with van der Waals surface area (Å²) in [6, 6.07) is 1.36. The normalized spacial score (nSPS) is 13.0. The molecule has 1 aromatic carbocycles. The second-order valence-electron chi connectivity index (χ2n) is 6.18. The average Bonchev–Trinajstić information content (AvgIpc) is 3.02. The third kappa shape index (κ3) is 3.81. The number of hydrogen-bond acceptors (Lipinski definition) is 3. The lowest BCUT2D eigenvalue weighted by Crippen LogP contribution is -2.14. The lowest BCUT2D eigenvalue weighted by atomic mass is 10.0. The van der Waals surface area contributed by atoms with Crippen LogP contribution in [0.15, 0.2) is 30.6 Å². The fraction of sp³-hybridized carbons (Fsp3) is 0.278. The molecule has 0 aliphatic rings. The highest BCUT2D eigenvalue weighted by molar-refractivity contribution is 5.57. The zero-order chi connectivity index (χ0) is 19.9. The number of aromatic nitrogens is 4. The topological polar surface area (TPSA) is 43.6 Å². The lowest BCUT2D eigenvalue weighted by molar-refractivity contribution is -0.138. The van der Waals surface area contributed by atoms with Crippen LogP contribution in [0.1, 0.15) is 35.6 Å². The average molecular weight is 382 g/mol. The van der Waals surface area contributed by atoms with Crippen molar-refractivity contribution < 1.29 is 22.0 Å². The molecule has 0 aliphatic heterocycles. The summed E-state index contributed by atoms with van der Waals surface area (Å²) in [5.41, 5.74) is 0.0716. The summed E-state index contributed by atoms with van der Waals surface area (Å²) in [4.78, 5) is 8.46. The Kier molecular flexibility index (Phi) is 4.71. The van der Waals surface area contributed by atoms with Crippen LogP contribution < -0.4 is 0 Å². The van der Waals surface area contributed by atoms with Crippen molar-refractivity contribution in [1.29, 1.82) is 0 Å². The van der Waals surface area contributed by atoms with Crippen LogP contribution in [0.4, 0.5) is 22.0 Å². The van der Waals surface area contributed by atoms with Gasteiger partial charge in [-0.1, -0.05) is 0 Å². The van der Waals surface area contributed by atoms with Gasteiger partial charge in [-0.2, -0.15) is 18.3 Å². The van der Waals surface area contributed by atoms with Crippen molar-refractivity contribution in [3.8, 4) is 11.3 Å². The van der Waals surface area contributed by atoms with Gasteiger partial charge in [-0.25, -0.2) is 18.7 Å². The maximum atomic E-state index is 14.2. The minimum Gasteiger partial charge on any atom is -0.265 e. The van der Waals surface area contributed by atoms with Gasteiger partial charge < -0.3 is 0 Å². The molecule has 0 radical (unpaired) electrons. The molecule has 3 aromatic rings. The second-order valence-corrected chi connectivity index (χ2v) is 6.18. The van der Waals surface area contributed by atoms with E-state index in [4.69, 9.17) is 0 Å². The Labute approximate surface area is 151 Å². The fourth-order valence-electron chi connectivity index (χ4n) is 2.83.